The molecule has 0 aromatic carbocycles. The monoisotopic (exact) mass is 470 g/mol. The summed E-state index contributed by atoms with van der Waals surface area (Å²) >= 11 is 0. The average Bonchev–Trinajstić information content (AvgIpc) is 2.74. The molecule has 0 aliphatic carbocycles. The van der Waals surface area contributed by atoms with Crippen molar-refractivity contribution in [2.45, 2.75) is 148 Å². The molecule has 0 aromatic rings. The van der Waals surface area contributed by atoms with E-state index in [1.807, 2.05) is 28.1 Å². The van der Waals surface area contributed by atoms with E-state index in [0.717, 1.165) is 19.3 Å². The minimum absolute atomic E-state index is 0.512. The molecule has 0 fully saturated rings. The quantitative estimate of drug-likeness (QED) is 0.0647. The highest BCUT2D eigenvalue weighted by molar-refractivity contribution is 7.38. The lowest BCUT2D eigenvalue weighted by molar-refractivity contribution is -0.910. The maximum Gasteiger partial charge on any atom is 0.376 e. The molecule has 0 aliphatic rings. The number of unbranched alkanes of at least 4 members (excludes halogenated alkanes) is 16. The zero-order chi connectivity index (χ0) is 24.1. The first-order valence-corrected chi connectivity index (χ1v) is 15.1. The summed E-state index contributed by atoms with van der Waals surface area (Å²) in [5, 5.41) is -0.598. The van der Waals surface area contributed by atoms with Crippen molar-refractivity contribution in [2.75, 3.05) is 21.1 Å². The molecule has 4 heteroatoms. The Balaban J connectivity index is 3.50. The standard InChI is InChI=1S/C28H57NO2P/c1-6-8-9-10-11-12-13-14-15-16-17-18-19-20-21-22-23-24-25-26-27-28(7-2,32(30)31)29(3,4)5/h13-14H,6-12,15-27H2,1-5H3/q+1/b14-13-. The molecule has 0 bridgehead atoms. The van der Waals surface area contributed by atoms with Gasteiger partial charge in [0.05, 0.1) is 21.1 Å². The van der Waals surface area contributed by atoms with Crippen LogP contribution in [-0.2, 0) is 4.57 Å². The summed E-state index contributed by atoms with van der Waals surface area (Å²) in [5.41, 5.74) is 0. The van der Waals surface area contributed by atoms with E-state index in [9.17, 15) is 9.46 Å². The Morgan fingerprint density at radius 1 is 0.656 bits per heavy atom. The molecule has 2 atom stereocenters. The smallest absolute Gasteiger partial charge is 0.376 e. The highest BCUT2D eigenvalue weighted by Gasteiger charge is 2.52. The van der Waals surface area contributed by atoms with Crippen LogP contribution in [0.15, 0.2) is 12.2 Å². The van der Waals surface area contributed by atoms with Gasteiger partial charge in [-0.2, -0.15) is 0 Å². The molecule has 32 heavy (non-hydrogen) atoms. The lowest BCUT2D eigenvalue weighted by Crippen LogP contribution is -2.55. The molecule has 2 unspecified atom stereocenters. The highest BCUT2D eigenvalue weighted by Crippen LogP contribution is 2.44. The van der Waals surface area contributed by atoms with Crippen molar-refractivity contribution >= 4 is 8.03 Å². The van der Waals surface area contributed by atoms with Crippen molar-refractivity contribution in [3.63, 3.8) is 0 Å². The predicted octanol–water partition coefficient (Wildman–Crippen LogP) is 8.89. The summed E-state index contributed by atoms with van der Waals surface area (Å²) in [6.45, 7) is 4.29. The third-order valence-corrected chi connectivity index (χ3v) is 9.06. The van der Waals surface area contributed by atoms with Crippen molar-refractivity contribution in [3.05, 3.63) is 12.2 Å². The molecular weight excluding hydrogens is 413 g/mol. The zero-order valence-corrected chi connectivity index (χ0v) is 23.4. The Morgan fingerprint density at radius 3 is 1.38 bits per heavy atom. The third-order valence-electron chi connectivity index (χ3n) is 7.24. The lowest BCUT2D eigenvalue weighted by atomic mass is 10.0. The number of quaternary nitrogens is 1. The van der Waals surface area contributed by atoms with E-state index in [1.165, 1.54) is 103 Å². The lowest BCUT2D eigenvalue weighted by Gasteiger charge is -2.39. The van der Waals surface area contributed by atoms with E-state index < -0.39 is 13.3 Å². The fraction of sp³-hybridized carbons (Fsp3) is 0.929. The van der Waals surface area contributed by atoms with Gasteiger partial charge in [-0.1, -0.05) is 114 Å². The van der Waals surface area contributed by atoms with E-state index >= 15 is 0 Å². The van der Waals surface area contributed by atoms with E-state index in [2.05, 4.69) is 19.1 Å². The van der Waals surface area contributed by atoms with E-state index in [0.29, 0.717) is 10.9 Å². The number of allylic oxidation sites excluding steroid dienone is 2. The third kappa shape index (κ3) is 14.8. The van der Waals surface area contributed by atoms with Gasteiger partial charge in [-0.15, -0.1) is 0 Å². The first-order valence-electron chi connectivity index (χ1n) is 13.9. The van der Waals surface area contributed by atoms with Crippen molar-refractivity contribution in [1.29, 1.82) is 0 Å². The second kappa shape index (κ2) is 20.2. The molecule has 0 radical (unpaired) electrons. The summed E-state index contributed by atoms with van der Waals surface area (Å²) in [4.78, 5) is 11.9. The van der Waals surface area contributed by atoms with Gasteiger partial charge < -0.3 is 4.89 Å². The normalized spacial score (nSPS) is 14.8. The number of hydrogen-bond acceptors (Lipinski definition) is 2. The Morgan fingerprint density at radius 2 is 1.03 bits per heavy atom. The van der Waals surface area contributed by atoms with Gasteiger partial charge in [-0.3, -0.25) is 4.48 Å². The summed E-state index contributed by atoms with van der Waals surface area (Å²) in [7, 11) is 3.63. The van der Waals surface area contributed by atoms with Gasteiger partial charge in [-0.25, -0.2) is 0 Å². The second-order valence-electron chi connectivity index (χ2n) is 10.7. The fourth-order valence-corrected chi connectivity index (χ4v) is 5.90. The van der Waals surface area contributed by atoms with E-state index in [4.69, 9.17) is 0 Å². The van der Waals surface area contributed by atoms with Gasteiger partial charge in [0.1, 0.15) is 0 Å². The largest absolute Gasteiger partial charge is 0.590 e. The first-order chi connectivity index (χ1) is 15.3. The molecule has 0 aliphatic heterocycles. The van der Waals surface area contributed by atoms with Crippen LogP contribution in [-0.4, -0.2) is 30.9 Å². The van der Waals surface area contributed by atoms with Gasteiger partial charge in [0, 0.05) is 12.8 Å². The highest BCUT2D eigenvalue weighted by atomic mass is 31.1. The summed E-state index contributed by atoms with van der Waals surface area (Å²) < 4.78 is 12.5. The van der Waals surface area contributed by atoms with Crippen LogP contribution < -0.4 is 4.89 Å². The Labute approximate surface area is 202 Å². The second-order valence-corrected chi connectivity index (χ2v) is 12.1. The van der Waals surface area contributed by atoms with Crippen molar-refractivity contribution in [2.24, 2.45) is 0 Å². The Kier molecular flexibility index (Phi) is 20.0. The Hall–Kier alpha value is -0.240. The molecule has 0 heterocycles. The number of hydrogen-bond donors (Lipinski definition) is 0. The first kappa shape index (κ1) is 31.8. The van der Waals surface area contributed by atoms with Crippen LogP contribution in [0, 0.1) is 0 Å². The van der Waals surface area contributed by atoms with Crippen LogP contribution in [0.25, 0.3) is 0 Å². The van der Waals surface area contributed by atoms with Crippen LogP contribution in [0.4, 0.5) is 0 Å². The molecule has 0 rings (SSSR count). The van der Waals surface area contributed by atoms with E-state index in [-0.39, 0.29) is 0 Å². The topological polar surface area (TPSA) is 40.1 Å². The van der Waals surface area contributed by atoms with Crippen LogP contribution in [0.3, 0.4) is 0 Å². The Bertz CT molecular complexity index is 473. The van der Waals surface area contributed by atoms with E-state index in [1.54, 1.807) is 0 Å². The van der Waals surface area contributed by atoms with Gasteiger partial charge in [0.2, 0.25) is 0 Å². The summed E-state index contributed by atoms with van der Waals surface area (Å²) in [6.07, 6.45) is 30.1. The summed E-state index contributed by atoms with van der Waals surface area (Å²) in [5.74, 6) is 0. The van der Waals surface area contributed by atoms with Crippen LogP contribution in [0.5, 0.6) is 0 Å². The molecule has 190 valence electrons. The van der Waals surface area contributed by atoms with Gasteiger partial charge in [-0.05, 0) is 32.1 Å². The molecular formula is C28H57NO2P+. The molecule has 0 spiro atoms. The fourth-order valence-electron chi connectivity index (χ4n) is 4.81. The molecule has 0 saturated carbocycles. The average molecular weight is 471 g/mol. The predicted molar refractivity (Wildman–Crippen MR) is 141 cm³/mol. The van der Waals surface area contributed by atoms with Gasteiger partial charge in [0.15, 0.2) is 0 Å². The van der Waals surface area contributed by atoms with Gasteiger partial charge >= 0.3 is 8.03 Å². The van der Waals surface area contributed by atoms with Crippen molar-refractivity contribution in [3.8, 4) is 0 Å². The summed E-state index contributed by atoms with van der Waals surface area (Å²) in [6, 6.07) is 0. The molecule has 0 N–H and O–H groups in total. The molecule has 3 nitrogen and oxygen atoms in total. The number of nitrogens with zero attached hydrogens (tertiary/aromatic N) is 1. The maximum absolute atomic E-state index is 11.9. The zero-order valence-electron chi connectivity index (χ0n) is 22.5. The number of rotatable bonds is 23. The van der Waals surface area contributed by atoms with Crippen LogP contribution in [0.1, 0.15) is 142 Å². The van der Waals surface area contributed by atoms with Crippen LogP contribution in [0.2, 0.25) is 0 Å². The SMILES string of the molecule is CCCCCCC/C=C\CCCCCCCCCCCCCC(CC)([P+](=O)[O-])[N+](C)(C)C. The van der Waals surface area contributed by atoms with Crippen molar-refractivity contribution in [1.82, 2.24) is 0 Å². The minimum atomic E-state index is -2.41. The minimum Gasteiger partial charge on any atom is -0.590 e. The maximum atomic E-state index is 11.9. The molecule has 0 amide bonds. The van der Waals surface area contributed by atoms with Crippen LogP contribution >= 0.6 is 8.03 Å². The van der Waals surface area contributed by atoms with Crippen molar-refractivity contribution < 1.29 is 13.9 Å². The van der Waals surface area contributed by atoms with Gasteiger partial charge in [0.25, 0.3) is 5.28 Å². The molecule has 0 saturated heterocycles. The molecule has 0 aromatic heterocycles.